The second-order valence-corrected chi connectivity index (χ2v) is 7.21. The first-order chi connectivity index (χ1) is 13.5. The number of carbonyl (C=O) groups is 2. The van der Waals surface area contributed by atoms with Crippen LogP contribution >= 0.6 is 12.4 Å². The highest BCUT2D eigenvalue weighted by Gasteiger charge is 2.34. The topological polar surface area (TPSA) is 84.7 Å². The van der Waals surface area contributed by atoms with Gasteiger partial charge in [-0.1, -0.05) is 42.5 Å². The van der Waals surface area contributed by atoms with Gasteiger partial charge in [0.2, 0.25) is 11.8 Å². The van der Waals surface area contributed by atoms with Crippen LogP contribution in [0, 0.1) is 0 Å². The molecule has 1 unspecified atom stereocenters. The molecule has 0 aromatic heterocycles. The fourth-order valence-corrected chi connectivity index (χ4v) is 3.72. The highest BCUT2D eigenvalue weighted by atomic mass is 35.5. The van der Waals surface area contributed by atoms with E-state index >= 15 is 0 Å². The lowest BCUT2D eigenvalue weighted by Crippen LogP contribution is -2.36. The maximum Gasteiger partial charge on any atom is 0.225 e. The zero-order valence-electron chi connectivity index (χ0n) is 16.7. The van der Waals surface area contributed by atoms with Gasteiger partial charge in [0.25, 0.3) is 0 Å². The molecule has 29 heavy (non-hydrogen) atoms. The molecule has 2 aromatic carbocycles. The van der Waals surface area contributed by atoms with Gasteiger partial charge in [-0.3, -0.25) is 9.59 Å². The van der Waals surface area contributed by atoms with Crippen molar-refractivity contribution in [2.45, 2.75) is 31.3 Å². The van der Waals surface area contributed by atoms with Crippen molar-refractivity contribution >= 4 is 24.2 Å². The normalized spacial score (nSPS) is 19.2. The van der Waals surface area contributed by atoms with Crippen molar-refractivity contribution in [2.24, 2.45) is 5.73 Å². The van der Waals surface area contributed by atoms with E-state index < -0.39 is 0 Å². The van der Waals surface area contributed by atoms with Gasteiger partial charge in [0, 0.05) is 32.0 Å². The minimum Gasteiger partial charge on any atom is -0.497 e. The summed E-state index contributed by atoms with van der Waals surface area (Å²) in [4.78, 5) is 26.4. The van der Waals surface area contributed by atoms with E-state index in [0.717, 1.165) is 16.9 Å². The number of halogens is 1. The predicted octanol–water partition coefficient (Wildman–Crippen LogP) is 2.64. The standard InChI is InChI=1S/C22H27N3O3.ClH/c1-15(26)24-21(17-8-10-18(28-2)11-9-17)12-22(27)25-13-19(20(23)14-25)16-6-4-3-5-7-16;/h3-11,19-21H,12-14,23H2,1-2H3,(H,24,26);1H/t19-,20+,21?;/m0./s1. The first-order valence-electron chi connectivity index (χ1n) is 9.47. The lowest BCUT2D eigenvalue weighted by Gasteiger charge is -2.22. The Bertz CT molecular complexity index is 814. The average Bonchev–Trinajstić information content (AvgIpc) is 3.10. The molecule has 2 aromatic rings. The van der Waals surface area contributed by atoms with Crippen LogP contribution in [0.1, 0.15) is 36.4 Å². The smallest absolute Gasteiger partial charge is 0.225 e. The summed E-state index contributed by atoms with van der Waals surface area (Å²) in [5.74, 6) is 0.676. The van der Waals surface area contributed by atoms with E-state index in [0.29, 0.717) is 13.1 Å². The first kappa shape index (κ1) is 22.7. The second-order valence-electron chi connectivity index (χ2n) is 7.21. The van der Waals surface area contributed by atoms with Crippen LogP contribution in [0.2, 0.25) is 0 Å². The molecule has 1 aliphatic rings. The third-order valence-electron chi connectivity index (χ3n) is 5.22. The van der Waals surface area contributed by atoms with Crippen LogP contribution in [0.3, 0.4) is 0 Å². The minimum atomic E-state index is -0.386. The Morgan fingerprint density at radius 2 is 1.79 bits per heavy atom. The molecule has 1 saturated heterocycles. The molecule has 0 aliphatic carbocycles. The first-order valence-corrected chi connectivity index (χ1v) is 9.47. The number of nitrogens with one attached hydrogen (secondary N) is 1. The summed E-state index contributed by atoms with van der Waals surface area (Å²) in [6.45, 7) is 2.57. The molecule has 0 radical (unpaired) electrons. The van der Waals surface area contributed by atoms with Crippen LogP contribution in [-0.2, 0) is 9.59 Å². The number of rotatable bonds is 6. The van der Waals surface area contributed by atoms with Crippen LogP contribution in [0.4, 0.5) is 0 Å². The number of ether oxygens (including phenoxy) is 1. The number of benzene rings is 2. The van der Waals surface area contributed by atoms with Crippen molar-refractivity contribution < 1.29 is 14.3 Å². The van der Waals surface area contributed by atoms with Crippen molar-refractivity contribution in [2.75, 3.05) is 20.2 Å². The van der Waals surface area contributed by atoms with Crippen molar-refractivity contribution in [3.05, 3.63) is 65.7 Å². The predicted molar refractivity (Wildman–Crippen MR) is 115 cm³/mol. The molecular formula is C22H28ClN3O3. The highest BCUT2D eigenvalue weighted by molar-refractivity contribution is 5.85. The van der Waals surface area contributed by atoms with Gasteiger partial charge in [0.05, 0.1) is 19.6 Å². The third-order valence-corrected chi connectivity index (χ3v) is 5.22. The SMILES string of the molecule is COc1ccc(C(CC(=O)N2C[C@@H](N)[C@H](c3ccccc3)C2)NC(C)=O)cc1.Cl. The Hall–Kier alpha value is -2.57. The number of methoxy groups -OCH3 is 1. The van der Waals surface area contributed by atoms with Gasteiger partial charge in [-0.05, 0) is 23.3 Å². The lowest BCUT2D eigenvalue weighted by molar-refractivity contribution is -0.131. The van der Waals surface area contributed by atoms with E-state index in [1.807, 2.05) is 42.5 Å². The summed E-state index contributed by atoms with van der Waals surface area (Å²) < 4.78 is 5.18. The molecule has 0 bridgehead atoms. The molecule has 0 saturated carbocycles. The Labute approximate surface area is 177 Å². The number of hydrogen-bond acceptors (Lipinski definition) is 4. The van der Waals surface area contributed by atoms with Gasteiger partial charge < -0.3 is 20.7 Å². The van der Waals surface area contributed by atoms with E-state index in [2.05, 4.69) is 17.4 Å². The molecule has 3 rings (SSSR count). The molecule has 1 aliphatic heterocycles. The maximum atomic E-state index is 13.0. The summed E-state index contributed by atoms with van der Waals surface area (Å²) in [7, 11) is 1.60. The number of likely N-dealkylation sites (tertiary alicyclic amines) is 1. The minimum absolute atomic E-state index is 0. The zero-order chi connectivity index (χ0) is 20.1. The molecule has 3 atom stereocenters. The van der Waals surface area contributed by atoms with E-state index in [1.54, 1.807) is 12.0 Å². The Kier molecular flexibility index (Phi) is 8.05. The van der Waals surface area contributed by atoms with E-state index in [1.165, 1.54) is 6.92 Å². The Balaban J connectivity index is 0.00000300. The molecule has 6 nitrogen and oxygen atoms in total. The monoisotopic (exact) mass is 417 g/mol. The molecule has 7 heteroatoms. The number of nitrogens with zero attached hydrogens (tertiary/aromatic N) is 1. The van der Waals surface area contributed by atoms with Gasteiger partial charge in [-0.15, -0.1) is 12.4 Å². The van der Waals surface area contributed by atoms with Crippen molar-refractivity contribution in [3.63, 3.8) is 0 Å². The Morgan fingerprint density at radius 3 is 2.38 bits per heavy atom. The molecule has 1 heterocycles. The average molecular weight is 418 g/mol. The van der Waals surface area contributed by atoms with Gasteiger partial charge >= 0.3 is 0 Å². The summed E-state index contributed by atoms with van der Waals surface area (Å²) in [6, 6.07) is 17.0. The quantitative estimate of drug-likeness (QED) is 0.756. The molecule has 2 amide bonds. The van der Waals surface area contributed by atoms with Gasteiger partial charge in [0.15, 0.2) is 0 Å². The van der Waals surface area contributed by atoms with E-state index in [-0.39, 0.29) is 48.6 Å². The van der Waals surface area contributed by atoms with Crippen molar-refractivity contribution in [1.29, 1.82) is 0 Å². The third kappa shape index (κ3) is 5.71. The van der Waals surface area contributed by atoms with Crippen molar-refractivity contribution in [1.82, 2.24) is 10.2 Å². The summed E-state index contributed by atoms with van der Waals surface area (Å²) >= 11 is 0. The number of hydrogen-bond donors (Lipinski definition) is 2. The number of carbonyl (C=O) groups excluding carboxylic acids is 2. The molecule has 0 spiro atoms. The molecular weight excluding hydrogens is 390 g/mol. The lowest BCUT2D eigenvalue weighted by atomic mass is 9.95. The van der Waals surface area contributed by atoms with Gasteiger partial charge in [-0.25, -0.2) is 0 Å². The molecule has 1 fully saturated rings. The highest BCUT2D eigenvalue weighted by Crippen LogP contribution is 2.28. The fraction of sp³-hybridized carbons (Fsp3) is 0.364. The largest absolute Gasteiger partial charge is 0.497 e. The summed E-state index contributed by atoms with van der Waals surface area (Å²) in [5.41, 5.74) is 8.34. The molecule has 156 valence electrons. The number of nitrogens with two attached hydrogens (primary N) is 1. The van der Waals surface area contributed by atoms with E-state index in [9.17, 15) is 9.59 Å². The van der Waals surface area contributed by atoms with Crippen LogP contribution < -0.4 is 15.8 Å². The molecule has 3 N–H and O–H groups in total. The summed E-state index contributed by atoms with van der Waals surface area (Å²) in [6.07, 6.45) is 0.195. The van der Waals surface area contributed by atoms with E-state index in [4.69, 9.17) is 10.5 Å². The number of amides is 2. The Morgan fingerprint density at radius 1 is 1.14 bits per heavy atom. The van der Waals surface area contributed by atoms with Gasteiger partial charge in [0.1, 0.15) is 5.75 Å². The van der Waals surface area contributed by atoms with Crippen LogP contribution in [-0.4, -0.2) is 43.0 Å². The zero-order valence-corrected chi connectivity index (χ0v) is 17.5. The van der Waals surface area contributed by atoms with Crippen LogP contribution in [0.5, 0.6) is 5.75 Å². The van der Waals surface area contributed by atoms with Crippen LogP contribution in [0.15, 0.2) is 54.6 Å². The summed E-state index contributed by atoms with van der Waals surface area (Å²) in [5, 5.41) is 2.88. The maximum absolute atomic E-state index is 13.0. The second kappa shape index (κ2) is 10.3. The fourth-order valence-electron chi connectivity index (χ4n) is 3.72. The van der Waals surface area contributed by atoms with Crippen LogP contribution in [0.25, 0.3) is 0 Å². The van der Waals surface area contributed by atoms with Gasteiger partial charge in [-0.2, -0.15) is 0 Å². The van der Waals surface area contributed by atoms with Crippen molar-refractivity contribution in [3.8, 4) is 5.75 Å².